The zero-order valence-corrected chi connectivity index (χ0v) is 21.2. The second-order valence-corrected chi connectivity index (χ2v) is 8.00. The van der Waals surface area contributed by atoms with Crippen LogP contribution in [-0.4, -0.2) is 86.9 Å². The van der Waals surface area contributed by atoms with Gasteiger partial charge in [-0.3, -0.25) is 9.89 Å². The molecule has 2 N–H and O–H groups in total. The number of piperazine rings is 1. The molecule has 2 fully saturated rings. The third-order valence-electron chi connectivity index (χ3n) is 6.04. The summed E-state index contributed by atoms with van der Waals surface area (Å²) in [5, 5.41) is 13.7. The van der Waals surface area contributed by atoms with Crippen LogP contribution in [0.4, 0.5) is 5.69 Å². The fraction of sp³-hybridized carbons (Fsp3) is 0.522. The second kappa shape index (κ2) is 11.8. The Morgan fingerprint density at radius 2 is 1.78 bits per heavy atom. The number of phenols is 1. The highest BCUT2D eigenvalue weighted by molar-refractivity contribution is 14.0. The molecule has 0 amide bonds. The molecule has 3 heterocycles. The van der Waals surface area contributed by atoms with E-state index in [2.05, 4.69) is 31.1 Å². The molecule has 0 spiro atoms. The van der Waals surface area contributed by atoms with Gasteiger partial charge in [-0.1, -0.05) is 12.1 Å². The number of rotatable bonds is 5. The van der Waals surface area contributed by atoms with E-state index in [0.717, 1.165) is 82.2 Å². The predicted octanol–water partition coefficient (Wildman–Crippen LogP) is 2.68. The number of aryl methyl sites for hydroxylation is 1. The van der Waals surface area contributed by atoms with Crippen molar-refractivity contribution >= 4 is 35.6 Å². The largest absolute Gasteiger partial charge is 0.506 e. The van der Waals surface area contributed by atoms with E-state index in [1.54, 1.807) is 6.07 Å². The van der Waals surface area contributed by atoms with Crippen molar-refractivity contribution in [2.45, 2.75) is 13.0 Å². The van der Waals surface area contributed by atoms with Crippen LogP contribution in [0.15, 0.2) is 45.8 Å². The lowest BCUT2D eigenvalue weighted by atomic mass is 10.1. The van der Waals surface area contributed by atoms with Gasteiger partial charge < -0.3 is 29.4 Å². The van der Waals surface area contributed by atoms with Crippen LogP contribution in [0.1, 0.15) is 17.6 Å². The SMILES string of the molecule is CN=C(NCC(c1ccc(C)o1)N1CCOCC1)N1CCN(c2ccccc2O)CC1.I. The number of para-hydroxylation sites is 2. The maximum Gasteiger partial charge on any atom is 0.193 e. The number of morpholine rings is 1. The summed E-state index contributed by atoms with van der Waals surface area (Å²) in [5.41, 5.74) is 0.894. The monoisotopic (exact) mass is 555 g/mol. The van der Waals surface area contributed by atoms with Crippen LogP contribution in [0, 0.1) is 6.92 Å². The van der Waals surface area contributed by atoms with Gasteiger partial charge in [0.05, 0.1) is 24.9 Å². The van der Waals surface area contributed by atoms with E-state index in [9.17, 15) is 5.11 Å². The summed E-state index contributed by atoms with van der Waals surface area (Å²) in [6.45, 7) is 9.35. The maximum absolute atomic E-state index is 10.1. The predicted molar refractivity (Wildman–Crippen MR) is 137 cm³/mol. The lowest BCUT2D eigenvalue weighted by molar-refractivity contribution is 0.0123. The summed E-state index contributed by atoms with van der Waals surface area (Å²) in [6.07, 6.45) is 0. The van der Waals surface area contributed by atoms with Crippen LogP contribution < -0.4 is 10.2 Å². The molecule has 2 aliphatic heterocycles. The first kappa shape index (κ1) is 24.7. The Hall–Kier alpha value is -1.98. The molecule has 1 unspecified atom stereocenters. The molecule has 4 rings (SSSR count). The molecule has 0 bridgehead atoms. The van der Waals surface area contributed by atoms with E-state index in [4.69, 9.17) is 9.15 Å². The van der Waals surface area contributed by atoms with Crippen molar-refractivity contribution < 1.29 is 14.3 Å². The van der Waals surface area contributed by atoms with Gasteiger partial charge in [0, 0.05) is 52.9 Å². The number of halogens is 1. The van der Waals surface area contributed by atoms with Gasteiger partial charge in [-0.25, -0.2) is 0 Å². The minimum absolute atomic E-state index is 0. The topological polar surface area (TPSA) is 76.7 Å². The number of aliphatic imine (C=N–C) groups is 1. The first-order chi connectivity index (χ1) is 15.2. The summed E-state index contributed by atoms with van der Waals surface area (Å²) >= 11 is 0. The van der Waals surface area contributed by atoms with Crippen molar-refractivity contribution in [3.8, 4) is 5.75 Å². The molecule has 1 aromatic heterocycles. The number of aromatic hydroxyl groups is 1. The number of hydrogen-bond donors (Lipinski definition) is 2. The van der Waals surface area contributed by atoms with E-state index in [0.29, 0.717) is 5.75 Å². The number of phenolic OH excluding ortho intramolecular Hbond substituents is 1. The average molecular weight is 555 g/mol. The van der Waals surface area contributed by atoms with Crippen LogP contribution >= 0.6 is 24.0 Å². The molecule has 0 aliphatic carbocycles. The third-order valence-corrected chi connectivity index (χ3v) is 6.04. The van der Waals surface area contributed by atoms with Crippen molar-refractivity contribution in [1.29, 1.82) is 0 Å². The Bertz CT molecular complexity index is 876. The van der Waals surface area contributed by atoms with Crippen molar-refractivity contribution in [2.24, 2.45) is 4.99 Å². The highest BCUT2D eigenvalue weighted by Gasteiger charge is 2.27. The second-order valence-electron chi connectivity index (χ2n) is 8.00. The zero-order valence-electron chi connectivity index (χ0n) is 18.9. The summed E-state index contributed by atoms with van der Waals surface area (Å²) in [6, 6.07) is 11.8. The number of furan rings is 1. The molecule has 0 saturated carbocycles. The molecule has 2 aromatic rings. The Morgan fingerprint density at radius 1 is 1.06 bits per heavy atom. The lowest BCUT2D eigenvalue weighted by Crippen LogP contribution is -2.54. The number of hydrogen-bond acceptors (Lipinski definition) is 6. The maximum atomic E-state index is 10.1. The van der Waals surface area contributed by atoms with Crippen LogP contribution in [0.25, 0.3) is 0 Å². The van der Waals surface area contributed by atoms with Crippen LogP contribution in [0.5, 0.6) is 5.75 Å². The van der Waals surface area contributed by atoms with E-state index in [-0.39, 0.29) is 30.0 Å². The van der Waals surface area contributed by atoms with Gasteiger partial charge in [-0.15, -0.1) is 24.0 Å². The molecule has 1 atom stereocenters. The summed E-state index contributed by atoms with van der Waals surface area (Å²) in [5.74, 6) is 3.14. The number of ether oxygens (including phenoxy) is 1. The summed E-state index contributed by atoms with van der Waals surface area (Å²) < 4.78 is 11.5. The van der Waals surface area contributed by atoms with E-state index in [1.807, 2.05) is 38.2 Å². The highest BCUT2D eigenvalue weighted by atomic mass is 127. The molecular formula is C23H34IN5O3. The van der Waals surface area contributed by atoms with Gasteiger partial charge in [0.2, 0.25) is 0 Å². The molecule has 2 aliphatic rings. The standard InChI is InChI=1S/C23H33N5O3.HI/c1-18-7-8-22(31-18)20(27-13-15-30-16-14-27)17-25-23(24-2)28-11-9-26(10-12-28)19-5-3-4-6-21(19)29;/h3-8,20,29H,9-17H2,1-2H3,(H,24,25);1H. The Labute approximate surface area is 207 Å². The number of nitrogens with zero attached hydrogens (tertiary/aromatic N) is 4. The van der Waals surface area contributed by atoms with Gasteiger partial charge in [-0.05, 0) is 31.2 Å². The Morgan fingerprint density at radius 3 is 2.41 bits per heavy atom. The number of anilines is 1. The van der Waals surface area contributed by atoms with Gasteiger partial charge in [0.25, 0.3) is 0 Å². The van der Waals surface area contributed by atoms with Crippen molar-refractivity contribution in [2.75, 3.05) is 71.0 Å². The molecule has 2 saturated heterocycles. The van der Waals surface area contributed by atoms with Gasteiger partial charge in [0.1, 0.15) is 17.3 Å². The van der Waals surface area contributed by atoms with Crippen molar-refractivity contribution in [3.05, 3.63) is 47.9 Å². The van der Waals surface area contributed by atoms with Crippen LogP contribution in [-0.2, 0) is 4.74 Å². The van der Waals surface area contributed by atoms with E-state index in [1.165, 1.54) is 0 Å². The Balaban J connectivity index is 0.00000289. The molecule has 1 aromatic carbocycles. The van der Waals surface area contributed by atoms with Gasteiger partial charge >= 0.3 is 0 Å². The first-order valence-corrected chi connectivity index (χ1v) is 11.0. The molecule has 9 heteroatoms. The first-order valence-electron chi connectivity index (χ1n) is 11.0. The van der Waals surface area contributed by atoms with Gasteiger partial charge in [-0.2, -0.15) is 0 Å². The van der Waals surface area contributed by atoms with E-state index < -0.39 is 0 Å². The lowest BCUT2D eigenvalue weighted by Gasteiger charge is -2.39. The average Bonchev–Trinajstić information content (AvgIpc) is 3.24. The quantitative estimate of drug-likeness (QED) is 0.334. The number of guanidine groups is 1. The highest BCUT2D eigenvalue weighted by Crippen LogP contribution is 2.27. The molecule has 176 valence electrons. The normalized spacial score (nSPS) is 18.9. The van der Waals surface area contributed by atoms with Crippen molar-refractivity contribution in [1.82, 2.24) is 15.1 Å². The fourth-order valence-corrected chi connectivity index (χ4v) is 4.34. The van der Waals surface area contributed by atoms with Crippen LogP contribution in [0.3, 0.4) is 0 Å². The molecular weight excluding hydrogens is 521 g/mol. The molecule has 32 heavy (non-hydrogen) atoms. The van der Waals surface area contributed by atoms with E-state index >= 15 is 0 Å². The summed E-state index contributed by atoms with van der Waals surface area (Å²) in [7, 11) is 1.83. The summed E-state index contributed by atoms with van der Waals surface area (Å²) in [4.78, 5) is 11.4. The van der Waals surface area contributed by atoms with Gasteiger partial charge in [0.15, 0.2) is 5.96 Å². The number of nitrogens with one attached hydrogen (secondary N) is 1. The third kappa shape index (κ3) is 5.87. The minimum atomic E-state index is 0. The Kier molecular flexibility index (Phi) is 9.06. The molecule has 8 nitrogen and oxygen atoms in total. The smallest absolute Gasteiger partial charge is 0.193 e. The fourth-order valence-electron chi connectivity index (χ4n) is 4.34. The van der Waals surface area contributed by atoms with Crippen molar-refractivity contribution in [3.63, 3.8) is 0 Å². The minimum Gasteiger partial charge on any atom is -0.506 e. The van der Waals surface area contributed by atoms with Crippen LogP contribution in [0.2, 0.25) is 0 Å². The zero-order chi connectivity index (χ0) is 21.6. The molecule has 0 radical (unpaired) electrons. The number of benzene rings is 1.